The first kappa shape index (κ1) is 17.7. The van der Waals surface area contributed by atoms with Crippen molar-refractivity contribution >= 4 is 22.9 Å². The first-order valence-electron chi connectivity index (χ1n) is 7.91. The van der Waals surface area contributed by atoms with Gasteiger partial charge in [0, 0.05) is 18.6 Å². The smallest absolute Gasteiger partial charge is 0.275 e. The molecule has 1 aliphatic heterocycles. The number of hydrogen-bond donors (Lipinski definition) is 2. The molecule has 140 valence electrons. The minimum atomic E-state index is -1.38. The number of carbonyl (C=O) groups is 1. The van der Waals surface area contributed by atoms with E-state index >= 15 is 0 Å². The van der Waals surface area contributed by atoms with E-state index in [9.17, 15) is 18.7 Å². The van der Waals surface area contributed by atoms with Crippen molar-refractivity contribution in [2.75, 3.05) is 18.5 Å². The summed E-state index contributed by atoms with van der Waals surface area (Å²) < 4.78 is 35.5. The van der Waals surface area contributed by atoms with Crippen LogP contribution in [-0.2, 0) is 17.4 Å². The van der Waals surface area contributed by atoms with E-state index < -0.39 is 23.1 Å². The summed E-state index contributed by atoms with van der Waals surface area (Å²) in [5.74, 6) is -2.23. The molecule has 0 saturated carbocycles. The Morgan fingerprint density at radius 1 is 1.37 bits per heavy atom. The number of carbonyl (C=O) groups excluding carboxylic acids is 1. The number of aromatic nitrogens is 3. The molecule has 3 heterocycles. The minimum absolute atomic E-state index is 0.0128. The molecule has 3 aromatic rings. The molecule has 1 saturated heterocycles. The normalized spacial score (nSPS) is 15.4. The third-order valence-corrected chi connectivity index (χ3v) is 5.03. The van der Waals surface area contributed by atoms with Crippen LogP contribution in [0.3, 0.4) is 0 Å². The van der Waals surface area contributed by atoms with Crippen molar-refractivity contribution in [3.05, 3.63) is 52.8 Å². The minimum Gasteiger partial charge on any atom is -0.380 e. The van der Waals surface area contributed by atoms with Crippen molar-refractivity contribution in [2.24, 2.45) is 7.05 Å². The fraction of sp³-hybridized carbons (Fsp3) is 0.235. The van der Waals surface area contributed by atoms with Gasteiger partial charge in [0.1, 0.15) is 27.9 Å². The first-order chi connectivity index (χ1) is 12.9. The van der Waals surface area contributed by atoms with Crippen LogP contribution in [0.25, 0.3) is 10.6 Å². The second-order valence-corrected chi connectivity index (χ2v) is 7.09. The summed E-state index contributed by atoms with van der Waals surface area (Å²) >= 11 is 0.948. The van der Waals surface area contributed by atoms with Gasteiger partial charge in [0.25, 0.3) is 5.91 Å². The summed E-state index contributed by atoms with van der Waals surface area (Å²) in [6, 6.07) is 2.13. The van der Waals surface area contributed by atoms with E-state index in [4.69, 9.17) is 4.74 Å². The lowest BCUT2D eigenvalue weighted by atomic mass is 9.91. The van der Waals surface area contributed by atoms with Crippen LogP contribution in [0.15, 0.2) is 29.9 Å². The zero-order valence-electron chi connectivity index (χ0n) is 14.1. The Morgan fingerprint density at radius 3 is 2.63 bits per heavy atom. The summed E-state index contributed by atoms with van der Waals surface area (Å²) in [6.45, 7) is -0.0255. The van der Waals surface area contributed by atoms with Gasteiger partial charge in [-0.25, -0.2) is 13.8 Å². The average molecular weight is 392 g/mol. The standard InChI is InChI=1S/C17H14F2N4O3S/c1-23-5-10(4-20-23)21-15(24)13-6-27-16(22-13)14-11(18)2-9(3-12(14)19)17(25)7-26-8-17/h2-6,25H,7-8H2,1H3,(H,21,24). The van der Waals surface area contributed by atoms with Crippen molar-refractivity contribution in [2.45, 2.75) is 5.60 Å². The summed E-state index contributed by atoms with van der Waals surface area (Å²) in [6.07, 6.45) is 3.08. The highest BCUT2D eigenvalue weighted by Crippen LogP contribution is 2.35. The molecule has 7 nitrogen and oxygen atoms in total. The van der Waals surface area contributed by atoms with E-state index in [1.165, 1.54) is 16.3 Å². The predicted molar refractivity (Wildman–Crippen MR) is 93.3 cm³/mol. The fourth-order valence-corrected chi connectivity index (χ4v) is 3.53. The van der Waals surface area contributed by atoms with Gasteiger partial charge >= 0.3 is 0 Å². The number of amides is 1. The van der Waals surface area contributed by atoms with Gasteiger partial charge in [0.2, 0.25) is 0 Å². The Morgan fingerprint density at radius 2 is 2.07 bits per heavy atom. The van der Waals surface area contributed by atoms with E-state index in [0.29, 0.717) is 5.69 Å². The van der Waals surface area contributed by atoms with Crippen molar-refractivity contribution in [3.63, 3.8) is 0 Å². The third-order valence-electron chi connectivity index (χ3n) is 4.17. The molecule has 2 N–H and O–H groups in total. The van der Waals surface area contributed by atoms with Crippen LogP contribution in [0.4, 0.5) is 14.5 Å². The summed E-state index contributed by atoms with van der Waals surface area (Å²) in [5, 5.41) is 18.2. The highest BCUT2D eigenvalue weighted by Gasteiger charge is 2.39. The van der Waals surface area contributed by atoms with Crippen LogP contribution >= 0.6 is 11.3 Å². The maximum Gasteiger partial charge on any atom is 0.275 e. The molecule has 0 unspecified atom stereocenters. The van der Waals surface area contributed by atoms with Gasteiger partial charge in [-0.15, -0.1) is 11.3 Å². The Kier molecular flexibility index (Phi) is 4.25. The monoisotopic (exact) mass is 392 g/mol. The third kappa shape index (κ3) is 3.22. The largest absolute Gasteiger partial charge is 0.380 e. The maximum absolute atomic E-state index is 14.5. The van der Waals surface area contributed by atoms with Crippen molar-refractivity contribution in [3.8, 4) is 10.6 Å². The molecule has 27 heavy (non-hydrogen) atoms. The highest BCUT2D eigenvalue weighted by atomic mass is 32.1. The molecule has 0 bridgehead atoms. The molecule has 0 aliphatic carbocycles. The van der Waals surface area contributed by atoms with E-state index in [1.54, 1.807) is 13.2 Å². The van der Waals surface area contributed by atoms with E-state index in [-0.39, 0.29) is 35.0 Å². The van der Waals surface area contributed by atoms with Crippen LogP contribution in [0.2, 0.25) is 0 Å². The topological polar surface area (TPSA) is 89.3 Å². The van der Waals surface area contributed by atoms with E-state index in [2.05, 4.69) is 15.4 Å². The predicted octanol–water partition coefficient (Wildman–Crippen LogP) is 2.29. The van der Waals surface area contributed by atoms with E-state index in [0.717, 1.165) is 23.5 Å². The van der Waals surface area contributed by atoms with Crippen LogP contribution in [0.1, 0.15) is 16.1 Å². The molecule has 1 aliphatic rings. The number of anilines is 1. The number of aryl methyl sites for hydroxylation is 1. The molecule has 0 spiro atoms. The Hall–Kier alpha value is -2.69. The number of aliphatic hydroxyl groups is 1. The zero-order chi connectivity index (χ0) is 19.2. The van der Waals surface area contributed by atoms with Crippen molar-refractivity contribution < 1.29 is 23.4 Å². The maximum atomic E-state index is 14.5. The van der Waals surface area contributed by atoms with Gasteiger partial charge in [-0.05, 0) is 17.7 Å². The second kappa shape index (κ2) is 6.48. The van der Waals surface area contributed by atoms with E-state index in [1.807, 2.05) is 0 Å². The quantitative estimate of drug-likeness (QED) is 0.711. The number of nitrogens with zero attached hydrogens (tertiary/aromatic N) is 3. The van der Waals surface area contributed by atoms with Gasteiger partial charge in [-0.1, -0.05) is 0 Å². The molecule has 0 radical (unpaired) electrons. The van der Waals surface area contributed by atoms with Crippen LogP contribution in [0.5, 0.6) is 0 Å². The van der Waals surface area contributed by atoms with Gasteiger partial charge in [0.05, 0.1) is 30.7 Å². The van der Waals surface area contributed by atoms with Gasteiger partial charge in [-0.2, -0.15) is 5.10 Å². The van der Waals surface area contributed by atoms with Crippen LogP contribution in [-0.4, -0.2) is 39.0 Å². The van der Waals surface area contributed by atoms with Gasteiger partial charge in [-0.3, -0.25) is 9.48 Å². The lowest BCUT2D eigenvalue weighted by Gasteiger charge is -2.36. The summed E-state index contributed by atoms with van der Waals surface area (Å²) in [5.41, 5.74) is -1.09. The zero-order valence-corrected chi connectivity index (χ0v) is 14.9. The number of benzene rings is 1. The lowest BCUT2D eigenvalue weighted by Crippen LogP contribution is -2.46. The second-order valence-electron chi connectivity index (χ2n) is 6.23. The molecular formula is C17H14F2N4O3S. The molecule has 2 aromatic heterocycles. The number of nitrogens with one attached hydrogen (secondary N) is 1. The van der Waals surface area contributed by atoms with Crippen LogP contribution < -0.4 is 5.32 Å². The van der Waals surface area contributed by atoms with Crippen molar-refractivity contribution in [1.29, 1.82) is 0 Å². The molecule has 1 amide bonds. The number of halogens is 2. The van der Waals surface area contributed by atoms with Crippen molar-refractivity contribution in [1.82, 2.24) is 14.8 Å². The fourth-order valence-electron chi connectivity index (χ4n) is 2.68. The first-order valence-corrected chi connectivity index (χ1v) is 8.79. The highest BCUT2D eigenvalue weighted by molar-refractivity contribution is 7.13. The average Bonchev–Trinajstić information content (AvgIpc) is 3.21. The Balaban J connectivity index is 1.60. The Labute approximate surface area is 156 Å². The Bertz CT molecular complexity index is 1010. The lowest BCUT2D eigenvalue weighted by molar-refractivity contribution is -0.184. The number of ether oxygens (including phenoxy) is 1. The van der Waals surface area contributed by atoms with Gasteiger partial charge < -0.3 is 15.2 Å². The number of hydrogen-bond acceptors (Lipinski definition) is 6. The number of thiazole rings is 1. The SMILES string of the molecule is Cn1cc(NC(=O)c2csc(-c3c(F)cc(C4(O)COC4)cc3F)n2)cn1. The van der Waals surface area contributed by atoms with Gasteiger partial charge in [0.15, 0.2) is 0 Å². The molecule has 4 rings (SSSR count). The van der Waals surface area contributed by atoms with Crippen LogP contribution in [0, 0.1) is 11.6 Å². The summed E-state index contributed by atoms with van der Waals surface area (Å²) in [4.78, 5) is 16.3. The summed E-state index contributed by atoms with van der Waals surface area (Å²) in [7, 11) is 1.71. The molecule has 10 heteroatoms. The molecule has 1 fully saturated rings. The molecule has 1 aromatic carbocycles. The molecule has 0 atom stereocenters. The molecular weight excluding hydrogens is 378 g/mol. The number of rotatable bonds is 4.